The van der Waals surface area contributed by atoms with Crippen molar-refractivity contribution in [3.63, 3.8) is 0 Å². The highest BCUT2D eigenvalue weighted by Crippen LogP contribution is 2.22. The Labute approximate surface area is 196 Å². The molecule has 32 heavy (non-hydrogen) atoms. The molecular weight excluding hydrogens is 410 g/mol. The van der Waals surface area contributed by atoms with Gasteiger partial charge in [0.25, 0.3) is 0 Å². The minimum absolute atomic E-state index is 0.221. The number of aliphatic hydroxyl groups is 3. The summed E-state index contributed by atoms with van der Waals surface area (Å²) in [6.45, 7) is 5.08. The molecule has 5 N–H and O–H groups in total. The molecule has 0 aromatic rings. The molecule has 1 heterocycles. The Morgan fingerprint density at radius 2 is 1.25 bits per heavy atom. The van der Waals surface area contributed by atoms with Crippen molar-refractivity contribution >= 4 is 0 Å². The SMILES string of the molecule is CCCCCCCCCCCCCCCCOCC(CN)O[C@@H]1OC(C)[C@H](O)C(O)[C@@H]1O. The standard InChI is InChI=1S/C25H51NO6/c1-3-4-5-6-7-8-9-10-11-12-13-14-15-16-17-30-19-21(18-26)32-25-24(29)23(28)22(27)20(2)31-25/h20-25,27-29H,3-19,26H2,1-2H3/t20?,21?,22-,23?,24-,25-/m0/s1. The molecule has 192 valence electrons. The van der Waals surface area contributed by atoms with Crippen LogP contribution < -0.4 is 5.73 Å². The maximum Gasteiger partial charge on any atom is 0.187 e. The lowest BCUT2D eigenvalue weighted by atomic mass is 10.00. The quantitative estimate of drug-likeness (QED) is 0.205. The van der Waals surface area contributed by atoms with E-state index >= 15 is 0 Å². The zero-order valence-corrected chi connectivity index (χ0v) is 20.6. The molecule has 0 saturated carbocycles. The van der Waals surface area contributed by atoms with Crippen molar-refractivity contribution in [2.75, 3.05) is 19.8 Å². The van der Waals surface area contributed by atoms with Crippen molar-refractivity contribution in [1.29, 1.82) is 0 Å². The van der Waals surface area contributed by atoms with Crippen LogP contribution in [-0.4, -0.2) is 71.9 Å². The smallest absolute Gasteiger partial charge is 0.187 e. The van der Waals surface area contributed by atoms with Crippen molar-refractivity contribution in [3.8, 4) is 0 Å². The number of rotatable bonds is 20. The molecule has 3 unspecified atom stereocenters. The van der Waals surface area contributed by atoms with Gasteiger partial charge in [0.1, 0.15) is 18.3 Å². The van der Waals surface area contributed by atoms with E-state index < -0.39 is 36.8 Å². The summed E-state index contributed by atoms with van der Waals surface area (Å²) in [6.07, 6.45) is 12.7. The Balaban J connectivity index is 1.94. The van der Waals surface area contributed by atoms with Gasteiger partial charge in [-0.1, -0.05) is 90.4 Å². The van der Waals surface area contributed by atoms with Crippen LogP contribution in [0, 0.1) is 0 Å². The summed E-state index contributed by atoms with van der Waals surface area (Å²) in [4.78, 5) is 0. The monoisotopic (exact) mass is 461 g/mol. The van der Waals surface area contributed by atoms with Crippen LogP contribution in [-0.2, 0) is 14.2 Å². The summed E-state index contributed by atoms with van der Waals surface area (Å²) >= 11 is 0. The maximum absolute atomic E-state index is 10.0. The van der Waals surface area contributed by atoms with Crippen LogP contribution in [0.15, 0.2) is 0 Å². The van der Waals surface area contributed by atoms with E-state index in [0.29, 0.717) is 13.2 Å². The van der Waals surface area contributed by atoms with Crippen molar-refractivity contribution in [2.24, 2.45) is 5.73 Å². The molecule has 1 aliphatic rings. The molecule has 0 bridgehead atoms. The summed E-state index contributed by atoms with van der Waals surface area (Å²) in [5.74, 6) is 0. The van der Waals surface area contributed by atoms with E-state index in [2.05, 4.69) is 6.92 Å². The summed E-state index contributed by atoms with van der Waals surface area (Å²) in [5, 5.41) is 29.7. The molecule has 1 aliphatic heterocycles. The molecule has 0 amide bonds. The number of unbranched alkanes of at least 4 members (excludes halogenated alkanes) is 13. The molecular formula is C25H51NO6. The lowest BCUT2D eigenvalue weighted by Gasteiger charge is -2.40. The number of ether oxygens (including phenoxy) is 3. The molecule has 0 spiro atoms. The highest BCUT2D eigenvalue weighted by molar-refractivity contribution is 4.87. The lowest BCUT2D eigenvalue weighted by molar-refractivity contribution is -0.305. The van der Waals surface area contributed by atoms with E-state index in [1.54, 1.807) is 6.92 Å². The highest BCUT2D eigenvalue weighted by Gasteiger charge is 2.43. The Bertz CT molecular complexity index is 427. The van der Waals surface area contributed by atoms with E-state index in [1.807, 2.05) is 0 Å². The fraction of sp³-hybridized carbons (Fsp3) is 1.00. The van der Waals surface area contributed by atoms with Gasteiger partial charge < -0.3 is 35.3 Å². The first kappa shape index (κ1) is 29.8. The van der Waals surface area contributed by atoms with Crippen LogP contribution in [0.3, 0.4) is 0 Å². The van der Waals surface area contributed by atoms with Crippen LogP contribution in [0.2, 0.25) is 0 Å². The van der Waals surface area contributed by atoms with Gasteiger partial charge in [-0.2, -0.15) is 0 Å². The van der Waals surface area contributed by atoms with Gasteiger partial charge in [-0.25, -0.2) is 0 Å². The summed E-state index contributed by atoms with van der Waals surface area (Å²) in [5.41, 5.74) is 5.74. The van der Waals surface area contributed by atoms with Crippen LogP contribution in [0.5, 0.6) is 0 Å². The second-order valence-corrected chi connectivity index (χ2v) is 9.35. The zero-order valence-electron chi connectivity index (χ0n) is 20.6. The number of hydrogen-bond donors (Lipinski definition) is 4. The largest absolute Gasteiger partial charge is 0.388 e. The Morgan fingerprint density at radius 1 is 0.750 bits per heavy atom. The van der Waals surface area contributed by atoms with Crippen LogP contribution >= 0.6 is 0 Å². The van der Waals surface area contributed by atoms with Gasteiger partial charge in [0, 0.05) is 13.2 Å². The fourth-order valence-corrected chi connectivity index (χ4v) is 4.09. The third-order valence-corrected chi connectivity index (χ3v) is 6.34. The van der Waals surface area contributed by atoms with Crippen molar-refractivity contribution < 1.29 is 29.5 Å². The first-order valence-electron chi connectivity index (χ1n) is 13.1. The summed E-state index contributed by atoms with van der Waals surface area (Å²) in [7, 11) is 0. The molecule has 1 rings (SSSR count). The van der Waals surface area contributed by atoms with Gasteiger partial charge >= 0.3 is 0 Å². The third kappa shape index (κ3) is 12.8. The van der Waals surface area contributed by atoms with Gasteiger partial charge in [0.2, 0.25) is 0 Å². The Kier molecular flexibility index (Phi) is 17.7. The van der Waals surface area contributed by atoms with Crippen LogP contribution in [0.4, 0.5) is 0 Å². The number of hydrogen-bond acceptors (Lipinski definition) is 7. The fourth-order valence-electron chi connectivity index (χ4n) is 4.09. The average Bonchev–Trinajstić information content (AvgIpc) is 2.79. The van der Waals surface area contributed by atoms with Gasteiger partial charge in [0.15, 0.2) is 6.29 Å². The second-order valence-electron chi connectivity index (χ2n) is 9.35. The minimum atomic E-state index is -1.32. The van der Waals surface area contributed by atoms with E-state index in [1.165, 1.54) is 77.0 Å². The zero-order chi connectivity index (χ0) is 23.6. The van der Waals surface area contributed by atoms with Gasteiger partial charge in [-0.05, 0) is 13.3 Å². The molecule has 0 aromatic carbocycles. The number of aliphatic hydroxyl groups excluding tert-OH is 3. The summed E-state index contributed by atoms with van der Waals surface area (Å²) < 4.78 is 16.8. The molecule has 1 saturated heterocycles. The molecule has 7 heteroatoms. The molecule has 6 atom stereocenters. The topological polar surface area (TPSA) is 114 Å². The molecule has 1 fully saturated rings. The molecule has 0 aliphatic carbocycles. The number of nitrogens with two attached hydrogens (primary N) is 1. The second kappa shape index (κ2) is 19.1. The summed E-state index contributed by atoms with van der Waals surface area (Å²) in [6, 6.07) is 0. The van der Waals surface area contributed by atoms with E-state index in [4.69, 9.17) is 19.9 Å². The Hall–Kier alpha value is -0.280. The Morgan fingerprint density at radius 3 is 1.75 bits per heavy atom. The molecule has 7 nitrogen and oxygen atoms in total. The van der Waals surface area contributed by atoms with E-state index in [-0.39, 0.29) is 6.54 Å². The normalized spacial score (nSPS) is 27.0. The lowest BCUT2D eigenvalue weighted by Crippen LogP contribution is -2.58. The predicted molar refractivity (Wildman–Crippen MR) is 127 cm³/mol. The van der Waals surface area contributed by atoms with Crippen LogP contribution in [0.25, 0.3) is 0 Å². The first-order valence-corrected chi connectivity index (χ1v) is 13.1. The van der Waals surface area contributed by atoms with Gasteiger partial charge in [-0.15, -0.1) is 0 Å². The first-order chi connectivity index (χ1) is 15.5. The highest BCUT2D eigenvalue weighted by atomic mass is 16.7. The van der Waals surface area contributed by atoms with Crippen LogP contribution in [0.1, 0.15) is 104 Å². The van der Waals surface area contributed by atoms with Gasteiger partial charge in [-0.3, -0.25) is 0 Å². The van der Waals surface area contributed by atoms with E-state index in [9.17, 15) is 15.3 Å². The molecule has 0 radical (unpaired) electrons. The van der Waals surface area contributed by atoms with Crippen molar-refractivity contribution in [3.05, 3.63) is 0 Å². The predicted octanol–water partition coefficient (Wildman–Crippen LogP) is 3.66. The van der Waals surface area contributed by atoms with Gasteiger partial charge in [0.05, 0.1) is 18.8 Å². The minimum Gasteiger partial charge on any atom is -0.388 e. The van der Waals surface area contributed by atoms with Crippen molar-refractivity contribution in [1.82, 2.24) is 0 Å². The maximum atomic E-state index is 10.0. The average molecular weight is 462 g/mol. The van der Waals surface area contributed by atoms with E-state index in [0.717, 1.165) is 12.8 Å². The van der Waals surface area contributed by atoms with Crippen molar-refractivity contribution in [2.45, 2.75) is 141 Å². The third-order valence-electron chi connectivity index (χ3n) is 6.34. The molecule has 0 aromatic heterocycles.